The van der Waals surface area contributed by atoms with Crippen LogP contribution in [0, 0.1) is 13.8 Å². The lowest BCUT2D eigenvalue weighted by Crippen LogP contribution is -2.16. The molecule has 0 unspecified atom stereocenters. The van der Waals surface area contributed by atoms with Crippen LogP contribution in [0.1, 0.15) is 25.0 Å². The average molecular weight is 382 g/mol. The maximum absolute atomic E-state index is 11.7. The van der Waals surface area contributed by atoms with Gasteiger partial charge in [-0.15, -0.1) is 0 Å². The van der Waals surface area contributed by atoms with Crippen LogP contribution in [-0.4, -0.2) is 23.6 Å². The molecule has 0 atom stereocenters. The number of nitrogens with one attached hydrogen (secondary N) is 2. The summed E-state index contributed by atoms with van der Waals surface area (Å²) in [5.74, 6) is 0. The van der Waals surface area contributed by atoms with Gasteiger partial charge >= 0.3 is 12.2 Å². The van der Waals surface area contributed by atoms with E-state index in [-0.39, 0.29) is 11.4 Å². The minimum absolute atomic E-state index is 0.280. The first-order valence-corrected chi connectivity index (χ1v) is 8.52. The summed E-state index contributed by atoms with van der Waals surface area (Å²) in [5, 5.41) is 12.4. The maximum Gasteiger partial charge on any atom is 0.437 e. The van der Waals surface area contributed by atoms with Crippen LogP contribution in [0.3, 0.4) is 0 Å². The van der Waals surface area contributed by atoms with E-state index in [1.54, 1.807) is 38.1 Å². The van der Waals surface area contributed by atoms with Crippen molar-refractivity contribution in [2.45, 2.75) is 27.7 Å². The van der Waals surface area contributed by atoms with Gasteiger partial charge < -0.3 is 0 Å². The quantitative estimate of drug-likeness (QED) is 0.438. The molecule has 0 radical (unpaired) electrons. The molecule has 146 valence electrons. The van der Waals surface area contributed by atoms with E-state index in [1.807, 2.05) is 38.1 Å². The molecule has 0 spiro atoms. The molecule has 8 nitrogen and oxygen atoms in total. The van der Waals surface area contributed by atoms with Crippen molar-refractivity contribution in [1.82, 2.24) is 0 Å². The number of hydrogen-bond acceptors (Lipinski definition) is 6. The standard InChI is InChI=1S/C20H22N4O4/c1-13-5-9-17(10-6-13)21-19(25)27-23-15(3)16(4)24-28-20(26)22-18-11-7-14(2)8-12-18/h5-12H,1-4H3,(H,21,25)(H,22,26). The van der Waals surface area contributed by atoms with Gasteiger partial charge in [0.1, 0.15) is 11.4 Å². The normalized spacial score (nSPS) is 11.6. The number of benzene rings is 2. The largest absolute Gasteiger partial charge is 0.437 e. The minimum Gasteiger partial charge on any atom is -0.297 e. The number of carbonyl (C=O) groups excluding carboxylic acids is 2. The highest BCUT2D eigenvalue weighted by Crippen LogP contribution is 2.10. The Hall–Kier alpha value is -3.68. The van der Waals surface area contributed by atoms with Crippen molar-refractivity contribution in [3.63, 3.8) is 0 Å². The summed E-state index contributed by atoms with van der Waals surface area (Å²) in [7, 11) is 0. The molecule has 0 fully saturated rings. The van der Waals surface area contributed by atoms with E-state index >= 15 is 0 Å². The molecule has 2 aromatic rings. The van der Waals surface area contributed by atoms with Gasteiger partial charge in [0.2, 0.25) is 0 Å². The van der Waals surface area contributed by atoms with Crippen molar-refractivity contribution in [2.75, 3.05) is 10.6 Å². The van der Waals surface area contributed by atoms with Crippen molar-refractivity contribution < 1.29 is 19.3 Å². The molecule has 8 heteroatoms. The Morgan fingerprint density at radius 2 is 1.00 bits per heavy atom. The summed E-state index contributed by atoms with van der Waals surface area (Å²) in [4.78, 5) is 33.0. The molecular formula is C20H22N4O4. The third-order valence-corrected chi connectivity index (χ3v) is 3.65. The summed E-state index contributed by atoms with van der Waals surface area (Å²) in [6.07, 6.45) is -1.48. The van der Waals surface area contributed by atoms with Crippen molar-refractivity contribution >= 4 is 35.0 Å². The molecule has 2 rings (SSSR count). The van der Waals surface area contributed by atoms with Crippen LogP contribution in [-0.2, 0) is 9.68 Å². The van der Waals surface area contributed by atoms with Gasteiger partial charge in [-0.3, -0.25) is 20.3 Å². The minimum atomic E-state index is -0.742. The molecule has 0 heterocycles. The molecule has 0 saturated heterocycles. The number of aryl methyl sites for hydroxylation is 2. The highest BCUT2D eigenvalue weighted by atomic mass is 16.7. The van der Waals surface area contributed by atoms with Crippen LogP contribution < -0.4 is 10.6 Å². The third kappa shape index (κ3) is 6.91. The van der Waals surface area contributed by atoms with Crippen LogP contribution in [0.15, 0.2) is 58.8 Å². The number of anilines is 2. The van der Waals surface area contributed by atoms with E-state index in [0.29, 0.717) is 11.4 Å². The molecule has 28 heavy (non-hydrogen) atoms. The van der Waals surface area contributed by atoms with Crippen molar-refractivity contribution in [1.29, 1.82) is 0 Å². The summed E-state index contributed by atoms with van der Waals surface area (Å²) >= 11 is 0. The zero-order chi connectivity index (χ0) is 20.5. The van der Waals surface area contributed by atoms with E-state index in [9.17, 15) is 9.59 Å². The van der Waals surface area contributed by atoms with Crippen molar-refractivity contribution in [3.05, 3.63) is 59.7 Å². The lowest BCUT2D eigenvalue weighted by atomic mass is 10.2. The van der Waals surface area contributed by atoms with Gasteiger partial charge in [0.05, 0.1) is 0 Å². The SMILES string of the molecule is CC(=NOC(=O)Nc1ccc(C)cc1)C(C)=NOC(=O)Nc1ccc(C)cc1. The first-order valence-electron chi connectivity index (χ1n) is 8.52. The molecule has 0 aromatic heterocycles. The van der Waals surface area contributed by atoms with Crippen LogP contribution in [0.25, 0.3) is 0 Å². The van der Waals surface area contributed by atoms with Crippen molar-refractivity contribution in [3.8, 4) is 0 Å². The van der Waals surface area contributed by atoms with Crippen LogP contribution in [0.2, 0.25) is 0 Å². The Morgan fingerprint density at radius 3 is 1.32 bits per heavy atom. The Kier molecular flexibility index (Phi) is 7.27. The molecule has 2 amide bonds. The molecule has 0 saturated carbocycles. The van der Waals surface area contributed by atoms with Gasteiger partial charge in [-0.05, 0) is 52.0 Å². The van der Waals surface area contributed by atoms with Crippen LogP contribution >= 0.6 is 0 Å². The van der Waals surface area contributed by atoms with Gasteiger partial charge in [-0.1, -0.05) is 45.7 Å². The predicted molar refractivity (Wildman–Crippen MR) is 109 cm³/mol. The number of oxime groups is 2. The summed E-state index contributed by atoms with van der Waals surface area (Å²) < 4.78 is 0. The third-order valence-electron chi connectivity index (χ3n) is 3.65. The molecule has 0 aliphatic heterocycles. The van der Waals surface area contributed by atoms with E-state index in [0.717, 1.165) is 11.1 Å². The predicted octanol–water partition coefficient (Wildman–Crippen LogP) is 4.85. The van der Waals surface area contributed by atoms with E-state index in [4.69, 9.17) is 9.68 Å². The van der Waals surface area contributed by atoms with E-state index in [1.165, 1.54) is 0 Å². The first kappa shape index (κ1) is 20.6. The molecule has 2 N–H and O–H groups in total. The average Bonchev–Trinajstić information content (AvgIpc) is 2.67. The zero-order valence-electron chi connectivity index (χ0n) is 16.1. The summed E-state index contributed by atoms with van der Waals surface area (Å²) in [6.45, 7) is 7.03. The van der Waals surface area contributed by atoms with Gasteiger partial charge in [-0.25, -0.2) is 9.59 Å². The smallest absolute Gasteiger partial charge is 0.297 e. The Labute approximate surface area is 163 Å². The Morgan fingerprint density at radius 1 is 0.679 bits per heavy atom. The van der Waals surface area contributed by atoms with Crippen molar-refractivity contribution in [2.24, 2.45) is 10.3 Å². The fraction of sp³-hybridized carbons (Fsp3) is 0.200. The topological polar surface area (TPSA) is 101 Å². The second-order valence-electron chi connectivity index (χ2n) is 6.09. The van der Waals surface area contributed by atoms with Crippen LogP contribution in [0.4, 0.5) is 21.0 Å². The lowest BCUT2D eigenvalue weighted by molar-refractivity contribution is 0.164. The summed E-state index contributed by atoms with van der Waals surface area (Å²) in [5.41, 5.74) is 3.89. The second-order valence-corrected chi connectivity index (χ2v) is 6.09. The van der Waals surface area contributed by atoms with E-state index in [2.05, 4.69) is 20.9 Å². The number of nitrogens with zero attached hydrogens (tertiary/aromatic N) is 2. The molecule has 0 bridgehead atoms. The first-order chi connectivity index (χ1) is 13.3. The number of carbonyl (C=O) groups is 2. The maximum atomic E-state index is 11.7. The Balaban J connectivity index is 1.83. The molecule has 2 aromatic carbocycles. The van der Waals surface area contributed by atoms with Gasteiger partial charge in [0.25, 0.3) is 0 Å². The van der Waals surface area contributed by atoms with Gasteiger partial charge in [0.15, 0.2) is 0 Å². The number of rotatable bonds is 5. The monoisotopic (exact) mass is 382 g/mol. The van der Waals surface area contributed by atoms with Crippen LogP contribution in [0.5, 0.6) is 0 Å². The number of hydrogen-bond donors (Lipinski definition) is 2. The highest BCUT2D eigenvalue weighted by Gasteiger charge is 2.07. The van der Waals surface area contributed by atoms with Gasteiger partial charge in [0, 0.05) is 11.4 Å². The highest BCUT2D eigenvalue weighted by molar-refractivity contribution is 6.40. The lowest BCUT2D eigenvalue weighted by Gasteiger charge is -2.05. The van der Waals surface area contributed by atoms with Gasteiger partial charge in [-0.2, -0.15) is 0 Å². The summed E-state index contributed by atoms with van der Waals surface area (Å²) in [6, 6.07) is 14.4. The molecular weight excluding hydrogens is 360 g/mol. The second kappa shape index (κ2) is 9.86. The number of amides is 2. The van der Waals surface area contributed by atoms with E-state index < -0.39 is 12.2 Å². The zero-order valence-corrected chi connectivity index (χ0v) is 16.1. The fourth-order valence-corrected chi connectivity index (χ4v) is 1.91. The molecule has 0 aliphatic rings. The molecule has 0 aliphatic carbocycles. The Bertz CT molecular complexity index is 812. The fourth-order valence-electron chi connectivity index (χ4n) is 1.91.